The van der Waals surface area contributed by atoms with E-state index < -0.39 is 11.7 Å². The van der Waals surface area contributed by atoms with Crippen LogP contribution in [0.1, 0.15) is 27.0 Å². The van der Waals surface area contributed by atoms with E-state index in [9.17, 15) is 23.1 Å². The molecule has 1 aliphatic rings. The Kier molecular flexibility index (Phi) is 3.36. The van der Waals surface area contributed by atoms with E-state index >= 15 is 0 Å². The molecule has 6 heteroatoms. The van der Waals surface area contributed by atoms with Gasteiger partial charge in [0, 0.05) is 11.1 Å². The van der Waals surface area contributed by atoms with Crippen molar-refractivity contribution in [2.45, 2.75) is 6.18 Å². The van der Waals surface area contributed by atoms with Gasteiger partial charge in [-0.2, -0.15) is 13.2 Å². The molecule has 0 bridgehead atoms. The van der Waals surface area contributed by atoms with Crippen molar-refractivity contribution in [3.8, 4) is 5.75 Å². The lowest BCUT2D eigenvalue weighted by Gasteiger charge is -2.09. The van der Waals surface area contributed by atoms with Gasteiger partial charge in [-0.15, -0.1) is 0 Å². The zero-order valence-electron chi connectivity index (χ0n) is 10.9. The van der Waals surface area contributed by atoms with Crippen LogP contribution in [0, 0.1) is 0 Å². The van der Waals surface area contributed by atoms with E-state index in [4.69, 9.17) is 0 Å². The third kappa shape index (κ3) is 2.33. The molecule has 0 unspecified atom stereocenters. The lowest BCUT2D eigenvalue weighted by molar-refractivity contribution is -0.137. The van der Waals surface area contributed by atoms with Crippen LogP contribution in [0.25, 0.3) is 5.57 Å². The monoisotopic (exact) mass is 368 g/mol. The van der Waals surface area contributed by atoms with Gasteiger partial charge in [0.05, 0.1) is 10.0 Å². The number of alkyl halides is 3. The summed E-state index contributed by atoms with van der Waals surface area (Å²) in [6, 6.07) is 8.96. The third-order valence-electron chi connectivity index (χ3n) is 3.44. The molecule has 3 rings (SSSR count). The molecule has 1 aliphatic carbocycles. The summed E-state index contributed by atoms with van der Waals surface area (Å²) in [5, 5.41) is 9.47. The molecule has 2 nitrogen and oxygen atoms in total. The van der Waals surface area contributed by atoms with Gasteiger partial charge in [0.2, 0.25) is 5.78 Å². The van der Waals surface area contributed by atoms with Gasteiger partial charge in [-0.3, -0.25) is 4.79 Å². The fourth-order valence-electron chi connectivity index (χ4n) is 2.40. The molecule has 1 N–H and O–H groups in total. The molecular weight excluding hydrogens is 361 g/mol. The summed E-state index contributed by atoms with van der Waals surface area (Å²) in [6.45, 7) is 0. The van der Waals surface area contributed by atoms with Crippen molar-refractivity contribution in [1.29, 1.82) is 0 Å². The van der Waals surface area contributed by atoms with Gasteiger partial charge in [-0.1, -0.05) is 12.1 Å². The summed E-state index contributed by atoms with van der Waals surface area (Å²) in [6.07, 6.45) is -4.40. The van der Waals surface area contributed by atoms with Crippen LogP contribution in [-0.4, -0.2) is 10.9 Å². The quantitative estimate of drug-likeness (QED) is 0.787. The number of hydrogen-bond donors (Lipinski definition) is 1. The van der Waals surface area contributed by atoms with Crippen LogP contribution in [-0.2, 0) is 6.18 Å². The fraction of sp³-hybridized carbons (Fsp3) is 0.0625. The molecule has 112 valence electrons. The number of ketones is 1. The number of halogens is 4. The van der Waals surface area contributed by atoms with Gasteiger partial charge >= 0.3 is 6.18 Å². The van der Waals surface area contributed by atoms with Crippen molar-refractivity contribution in [3.63, 3.8) is 0 Å². The second kappa shape index (κ2) is 4.98. The van der Waals surface area contributed by atoms with Gasteiger partial charge in [-0.05, 0) is 57.4 Å². The SMILES string of the molecule is O=C1C(Br)=C(c2ccc(C(F)(F)F)cc2)c2ccc(O)cc21. The van der Waals surface area contributed by atoms with E-state index in [2.05, 4.69) is 15.9 Å². The standard InChI is InChI=1S/C16H8BrF3O2/c17-14-13(8-1-3-9(4-2-8)16(18,19)20)11-6-5-10(21)7-12(11)15(14)22/h1-7,21H. The first-order valence-corrected chi connectivity index (χ1v) is 7.04. The molecule has 0 aliphatic heterocycles. The Morgan fingerprint density at radius 3 is 2.18 bits per heavy atom. The zero-order valence-corrected chi connectivity index (χ0v) is 12.5. The molecule has 0 fully saturated rings. The molecule has 0 atom stereocenters. The number of aromatic hydroxyl groups is 1. The lowest BCUT2D eigenvalue weighted by Crippen LogP contribution is -2.04. The lowest BCUT2D eigenvalue weighted by atomic mass is 9.98. The average molecular weight is 369 g/mol. The first-order valence-electron chi connectivity index (χ1n) is 6.24. The minimum Gasteiger partial charge on any atom is -0.508 e. The van der Waals surface area contributed by atoms with Crippen LogP contribution >= 0.6 is 15.9 Å². The minimum absolute atomic E-state index is 0.0407. The van der Waals surface area contributed by atoms with E-state index in [1.807, 2.05) is 0 Å². The largest absolute Gasteiger partial charge is 0.508 e. The number of phenols is 1. The van der Waals surface area contributed by atoms with Crippen molar-refractivity contribution < 1.29 is 23.1 Å². The average Bonchev–Trinajstić information content (AvgIpc) is 2.70. The van der Waals surface area contributed by atoms with E-state index in [-0.39, 0.29) is 16.0 Å². The predicted octanol–water partition coefficient (Wildman–Crippen LogP) is 4.76. The maximum Gasteiger partial charge on any atom is 0.416 e. The van der Waals surface area contributed by atoms with E-state index in [1.54, 1.807) is 6.07 Å². The van der Waals surface area contributed by atoms with Crippen LogP contribution in [0.4, 0.5) is 13.2 Å². The van der Waals surface area contributed by atoms with E-state index in [0.29, 0.717) is 22.3 Å². The number of fused-ring (bicyclic) bond motifs is 1. The molecule has 0 saturated carbocycles. The smallest absolute Gasteiger partial charge is 0.416 e. The van der Waals surface area contributed by atoms with Crippen molar-refractivity contribution in [2.75, 3.05) is 0 Å². The predicted molar refractivity (Wildman–Crippen MR) is 78.8 cm³/mol. The first kappa shape index (κ1) is 14.8. The Hall–Kier alpha value is -2.08. The summed E-state index contributed by atoms with van der Waals surface area (Å²) in [5.74, 6) is -0.345. The van der Waals surface area contributed by atoms with Crippen LogP contribution in [0.15, 0.2) is 46.9 Å². The highest BCUT2D eigenvalue weighted by Gasteiger charge is 2.32. The van der Waals surface area contributed by atoms with Gasteiger partial charge in [0.25, 0.3) is 0 Å². The van der Waals surface area contributed by atoms with Crippen LogP contribution < -0.4 is 0 Å². The number of carbonyl (C=O) groups excluding carboxylic acids is 1. The second-order valence-corrected chi connectivity index (χ2v) is 5.62. The molecule has 2 aromatic carbocycles. The number of benzene rings is 2. The van der Waals surface area contributed by atoms with Crippen LogP contribution in [0.2, 0.25) is 0 Å². The Morgan fingerprint density at radius 2 is 1.59 bits per heavy atom. The van der Waals surface area contributed by atoms with Crippen molar-refractivity contribution in [1.82, 2.24) is 0 Å². The summed E-state index contributed by atoms with van der Waals surface area (Å²) in [4.78, 5) is 12.2. The number of Topliss-reactive ketones (excluding diaryl/α,β-unsaturated/α-hetero) is 1. The minimum atomic E-state index is -4.40. The number of hydrogen-bond acceptors (Lipinski definition) is 2. The summed E-state index contributed by atoms with van der Waals surface area (Å²) in [5.41, 5.74) is 1.17. The van der Waals surface area contributed by atoms with Crippen LogP contribution in [0.3, 0.4) is 0 Å². The molecule has 0 amide bonds. The zero-order chi connectivity index (χ0) is 16.1. The Labute approximate surface area is 132 Å². The highest BCUT2D eigenvalue weighted by molar-refractivity contribution is 9.12. The number of phenolic OH excluding ortho intramolecular Hbond substituents is 1. The molecule has 22 heavy (non-hydrogen) atoms. The third-order valence-corrected chi connectivity index (χ3v) is 4.19. The first-order chi connectivity index (χ1) is 10.3. The molecule has 0 heterocycles. The van der Waals surface area contributed by atoms with E-state index in [1.165, 1.54) is 24.3 Å². The van der Waals surface area contributed by atoms with E-state index in [0.717, 1.165) is 12.1 Å². The highest BCUT2D eigenvalue weighted by atomic mass is 79.9. The van der Waals surface area contributed by atoms with Crippen LogP contribution in [0.5, 0.6) is 5.75 Å². The highest BCUT2D eigenvalue weighted by Crippen LogP contribution is 2.41. The summed E-state index contributed by atoms with van der Waals surface area (Å²) >= 11 is 3.20. The molecule has 0 radical (unpaired) electrons. The van der Waals surface area contributed by atoms with Gasteiger partial charge in [0.15, 0.2) is 0 Å². The Bertz CT molecular complexity index is 805. The van der Waals surface area contributed by atoms with Gasteiger partial charge < -0.3 is 5.11 Å². The second-order valence-electron chi connectivity index (χ2n) is 4.82. The number of allylic oxidation sites excluding steroid dienone is 1. The fourth-order valence-corrected chi connectivity index (χ4v) is 3.05. The molecule has 0 aromatic heterocycles. The molecule has 0 saturated heterocycles. The van der Waals surface area contributed by atoms with Gasteiger partial charge in [0.1, 0.15) is 5.75 Å². The van der Waals surface area contributed by atoms with Crippen molar-refractivity contribution >= 4 is 27.3 Å². The summed E-state index contributed by atoms with van der Waals surface area (Å²) in [7, 11) is 0. The number of rotatable bonds is 1. The van der Waals surface area contributed by atoms with Crippen molar-refractivity contribution in [3.05, 3.63) is 69.2 Å². The molecule has 0 spiro atoms. The van der Waals surface area contributed by atoms with Gasteiger partial charge in [-0.25, -0.2) is 0 Å². The topological polar surface area (TPSA) is 37.3 Å². The van der Waals surface area contributed by atoms with Crippen molar-refractivity contribution in [2.24, 2.45) is 0 Å². The Balaban J connectivity index is 2.11. The summed E-state index contributed by atoms with van der Waals surface area (Å²) < 4.78 is 38.1. The molecule has 2 aromatic rings. The maximum atomic E-state index is 12.6. The maximum absolute atomic E-state index is 12.6. The normalized spacial score (nSPS) is 14.5. The number of carbonyl (C=O) groups is 1. The molecular formula is C16H8BrF3O2. The Morgan fingerprint density at radius 1 is 0.955 bits per heavy atom.